The molecule has 2 rings (SSSR count). The van der Waals surface area contributed by atoms with Gasteiger partial charge in [0.25, 0.3) is 0 Å². The van der Waals surface area contributed by atoms with E-state index in [4.69, 9.17) is 11.6 Å². The molecule has 0 amide bonds. The van der Waals surface area contributed by atoms with E-state index in [9.17, 15) is 0 Å². The van der Waals surface area contributed by atoms with Crippen LogP contribution >= 0.6 is 11.6 Å². The molecule has 0 bridgehead atoms. The predicted molar refractivity (Wildman–Crippen MR) is 57.2 cm³/mol. The van der Waals surface area contributed by atoms with Crippen LogP contribution in [0.3, 0.4) is 0 Å². The molecule has 1 aliphatic carbocycles. The summed E-state index contributed by atoms with van der Waals surface area (Å²) in [5.74, 6) is 0.684. The zero-order valence-corrected chi connectivity index (χ0v) is 8.30. The van der Waals surface area contributed by atoms with Crippen LogP contribution in [0.5, 0.6) is 0 Å². The van der Waals surface area contributed by atoms with Crippen LogP contribution in [0.1, 0.15) is 30.7 Å². The van der Waals surface area contributed by atoms with Crippen LogP contribution in [0.2, 0.25) is 5.02 Å². The van der Waals surface area contributed by atoms with Crippen LogP contribution in [0.15, 0.2) is 36.4 Å². The molecular weight excluding hydrogens is 180 g/mol. The Hall–Kier alpha value is -0.750. The van der Waals surface area contributed by atoms with Crippen molar-refractivity contribution in [3.8, 4) is 0 Å². The zero-order chi connectivity index (χ0) is 9.10. The maximum Gasteiger partial charge on any atom is 0.0408 e. The Kier molecular flexibility index (Phi) is 2.70. The average Bonchev–Trinajstić information content (AvgIpc) is 2.19. The summed E-state index contributed by atoms with van der Waals surface area (Å²) in [7, 11) is 0. The minimum Gasteiger partial charge on any atom is -0.0885 e. The van der Waals surface area contributed by atoms with Gasteiger partial charge in [-0.15, -0.1) is 0 Å². The van der Waals surface area contributed by atoms with Crippen LogP contribution in [-0.4, -0.2) is 0 Å². The van der Waals surface area contributed by atoms with Crippen LogP contribution in [0.4, 0.5) is 0 Å². The van der Waals surface area contributed by atoms with Gasteiger partial charge in [-0.25, -0.2) is 0 Å². The Morgan fingerprint density at radius 1 is 1.23 bits per heavy atom. The second-order valence-corrected chi connectivity index (χ2v) is 3.97. The predicted octanol–water partition coefficient (Wildman–Crippen LogP) is 4.16. The van der Waals surface area contributed by atoms with E-state index in [0.29, 0.717) is 5.92 Å². The third-order valence-corrected chi connectivity index (χ3v) is 2.82. The molecule has 1 atom stereocenters. The summed E-state index contributed by atoms with van der Waals surface area (Å²) in [6, 6.07) is 8.24. The molecule has 0 heterocycles. The minimum atomic E-state index is 0.684. The lowest BCUT2D eigenvalue weighted by Gasteiger charge is -2.17. The topological polar surface area (TPSA) is 0 Å². The van der Waals surface area contributed by atoms with Crippen LogP contribution in [0, 0.1) is 0 Å². The summed E-state index contributed by atoms with van der Waals surface area (Å²) in [5.41, 5.74) is 1.39. The molecule has 0 nitrogen and oxygen atoms in total. The van der Waals surface area contributed by atoms with E-state index in [1.807, 2.05) is 12.1 Å². The molecule has 0 saturated carbocycles. The highest BCUT2D eigenvalue weighted by molar-refractivity contribution is 6.30. The lowest BCUT2D eigenvalue weighted by atomic mass is 9.88. The maximum atomic E-state index is 5.95. The van der Waals surface area contributed by atoms with Crippen LogP contribution < -0.4 is 0 Å². The van der Waals surface area contributed by atoms with Crippen LogP contribution in [0.25, 0.3) is 0 Å². The first-order valence-corrected chi connectivity index (χ1v) is 5.14. The number of benzene rings is 1. The number of halogens is 1. The molecule has 1 heteroatoms. The first kappa shape index (κ1) is 8.83. The normalized spacial score (nSPS) is 21.8. The van der Waals surface area contributed by atoms with E-state index in [1.165, 1.54) is 24.8 Å². The van der Waals surface area contributed by atoms with E-state index >= 15 is 0 Å². The fourth-order valence-corrected chi connectivity index (χ4v) is 2.06. The number of allylic oxidation sites excluding steroid dienone is 2. The fourth-order valence-electron chi connectivity index (χ4n) is 1.86. The van der Waals surface area contributed by atoms with Crippen molar-refractivity contribution in [2.45, 2.75) is 25.2 Å². The van der Waals surface area contributed by atoms with Gasteiger partial charge in [0.15, 0.2) is 0 Å². The fraction of sp³-hybridized carbons (Fsp3) is 0.333. The smallest absolute Gasteiger partial charge is 0.0408 e. The second kappa shape index (κ2) is 3.97. The molecule has 0 spiro atoms. The van der Waals surface area contributed by atoms with E-state index in [0.717, 1.165) is 5.02 Å². The Labute approximate surface area is 84.2 Å². The van der Waals surface area contributed by atoms with Gasteiger partial charge in [0.1, 0.15) is 0 Å². The summed E-state index contributed by atoms with van der Waals surface area (Å²) in [5, 5.41) is 0.854. The highest BCUT2D eigenvalue weighted by Gasteiger charge is 2.11. The zero-order valence-electron chi connectivity index (χ0n) is 7.54. The van der Waals surface area contributed by atoms with Crippen molar-refractivity contribution in [2.75, 3.05) is 0 Å². The largest absolute Gasteiger partial charge is 0.0885 e. The molecule has 13 heavy (non-hydrogen) atoms. The van der Waals surface area contributed by atoms with E-state index in [1.54, 1.807) is 0 Å². The maximum absolute atomic E-state index is 5.95. The van der Waals surface area contributed by atoms with Crippen molar-refractivity contribution in [2.24, 2.45) is 0 Å². The van der Waals surface area contributed by atoms with Crippen molar-refractivity contribution in [3.05, 3.63) is 47.0 Å². The molecular formula is C12H13Cl. The quantitative estimate of drug-likeness (QED) is 0.586. The summed E-state index contributed by atoms with van der Waals surface area (Å²) in [6.07, 6.45) is 8.17. The van der Waals surface area contributed by atoms with Gasteiger partial charge < -0.3 is 0 Å². The number of hydrogen-bond donors (Lipinski definition) is 0. The first-order chi connectivity index (χ1) is 6.36. The minimum absolute atomic E-state index is 0.684. The molecule has 1 unspecified atom stereocenters. The Morgan fingerprint density at radius 2 is 2.15 bits per heavy atom. The SMILES string of the molecule is Clc1cccc(C2CC=CCC2)c1. The molecule has 0 aromatic heterocycles. The Balaban J connectivity index is 2.20. The van der Waals surface area contributed by atoms with Crippen molar-refractivity contribution < 1.29 is 0 Å². The average molecular weight is 193 g/mol. The van der Waals surface area contributed by atoms with Gasteiger partial charge in [-0.05, 0) is 42.9 Å². The molecule has 0 aliphatic heterocycles. The van der Waals surface area contributed by atoms with Crippen molar-refractivity contribution in [1.82, 2.24) is 0 Å². The van der Waals surface area contributed by atoms with E-state index in [2.05, 4.69) is 24.3 Å². The van der Waals surface area contributed by atoms with Gasteiger partial charge in [0.05, 0.1) is 0 Å². The summed E-state index contributed by atoms with van der Waals surface area (Å²) in [6.45, 7) is 0. The monoisotopic (exact) mass is 192 g/mol. The summed E-state index contributed by atoms with van der Waals surface area (Å²) >= 11 is 5.95. The highest BCUT2D eigenvalue weighted by atomic mass is 35.5. The molecule has 0 saturated heterocycles. The lowest BCUT2D eigenvalue weighted by molar-refractivity contribution is 0.617. The molecule has 1 aromatic rings. The standard InChI is InChI=1S/C12H13Cl/c13-12-8-4-7-11(9-12)10-5-2-1-3-6-10/h1-2,4,7-10H,3,5-6H2. The van der Waals surface area contributed by atoms with Crippen LogP contribution in [-0.2, 0) is 0 Å². The highest BCUT2D eigenvalue weighted by Crippen LogP contribution is 2.30. The molecule has 0 N–H and O–H groups in total. The third kappa shape index (κ3) is 2.13. The molecule has 0 radical (unpaired) electrons. The van der Waals surface area contributed by atoms with Gasteiger partial charge in [0.2, 0.25) is 0 Å². The summed E-state index contributed by atoms with van der Waals surface area (Å²) in [4.78, 5) is 0. The van der Waals surface area contributed by atoms with Crippen molar-refractivity contribution in [3.63, 3.8) is 0 Å². The van der Waals surface area contributed by atoms with Gasteiger partial charge in [-0.3, -0.25) is 0 Å². The van der Waals surface area contributed by atoms with Gasteiger partial charge in [-0.1, -0.05) is 35.9 Å². The Bertz CT molecular complexity index is 315. The lowest BCUT2D eigenvalue weighted by Crippen LogP contribution is -2.00. The van der Waals surface area contributed by atoms with E-state index < -0.39 is 0 Å². The first-order valence-electron chi connectivity index (χ1n) is 4.77. The summed E-state index contributed by atoms with van der Waals surface area (Å²) < 4.78 is 0. The third-order valence-electron chi connectivity index (χ3n) is 2.59. The molecule has 0 fully saturated rings. The number of rotatable bonds is 1. The van der Waals surface area contributed by atoms with Gasteiger partial charge in [0, 0.05) is 5.02 Å². The number of hydrogen-bond acceptors (Lipinski definition) is 0. The van der Waals surface area contributed by atoms with Crippen molar-refractivity contribution in [1.29, 1.82) is 0 Å². The molecule has 1 aliphatic rings. The Morgan fingerprint density at radius 3 is 2.85 bits per heavy atom. The second-order valence-electron chi connectivity index (χ2n) is 3.54. The molecule has 1 aromatic carbocycles. The van der Waals surface area contributed by atoms with Crippen molar-refractivity contribution >= 4 is 11.6 Å². The van der Waals surface area contributed by atoms with E-state index in [-0.39, 0.29) is 0 Å². The van der Waals surface area contributed by atoms with Gasteiger partial charge >= 0.3 is 0 Å². The van der Waals surface area contributed by atoms with Gasteiger partial charge in [-0.2, -0.15) is 0 Å². The molecule has 68 valence electrons.